The van der Waals surface area contributed by atoms with E-state index in [1.165, 1.54) is 231 Å². The van der Waals surface area contributed by atoms with Crippen molar-refractivity contribution in [2.75, 3.05) is 6.61 Å². The molecule has 6 nitrogen and oxygen atoms in total. The van der Waals surface area contributed by atoms with E-state index in [2.05, 4.69) is 26.1 Å². The highest BCUT2D eigenvalue weighted by Gasteiger charge is 2.24. The Morgan fingerprint density at radius 2 is 0.677 bits per heavy atom. The van der Waals surface area contributed by atoms with Gasteiger partial charge in [-0.3, -0.25) is 9.59 Å². The summed E-state index contributed by atoms with van der Waals surface area (Å²) in [6.45, 7) is 6.53. The summed E-state index contributed by atoms with van der Waals surface area (Å²) < 4.78 is 5.95. The van der Waals surface area contributed by atoms with Crippen molar-refractivity contribution < 1.29 is 24.5 Å². The third-order valence-electron chi connectivity index (χ3n) is 13.4. The number of rotatable bonds is 52. The Morgan fingerprint density at radius 3 is 0.984 bits per heavy atom. The number of unbranched alkanes of at least 4 members (excludes halogenated alkanes) is 40. The van der Waals surface area contributed by atoms with E-state index in [4.69, 9.17) is 4.74 Å². The molecule has 370 valence electrons. The van der Waals surface area contributed by atoms with Crippen molar-refractivity contribution in [3.05, 3.63) is 0 Å². The summed E-state index contributed by atoms with van der Waals surface area (Å²) in [6.07, 6.45) is 55.9. The lowest BCUT2D eigenvalue weighted by Crippen LogP contribution is -2.46. The van der Waals surface area contributed by atoms with Gasteiger partial charge in [-0.25, -0.2) is 0 Å². The summed E-state index contributed by atoms with van der Waals surface area (Å²) in [6, 6.07) is -0.693. The average Bonchev–Trinajstić information content (AvgIpc) is 3.26. The topological polar surface area (TPSA) is 95.9 Å². The number of carbonyl (C=O) groups excluding carboxylic acids is 2. The summed E-state index contributed by atoms with van der Waals surface area (Å²) in [5.74, 6) is -0.448. The van der Waals surface area contributed by atoms with Crippen LogP contribution in [-0.4, -0.2) is 46.9 Å². The molecule has 6 heteroatoms. The first-order valence-corrected chi connectivity index (χ1v) is 28.3. The van der Waals surface area contributed by atoms with Gasteiger partial charge in [-0.05, 0) is 25.7 Å². The zero-order valence-electron chi connectivity index (χ0n) is 42.3. The minimum Gasteiger partial charge on any atom is -0.462 e. The molecule has 0 saturated heterocycles. The molecule has 0 fully saturated rings. The number of nitrogens with one attached hydrogen (secondary N) is 1. The first-order valence-electron chi connectivity index (χ1n) is 28.3. The van der Waals surface area contributed by atoms with Crippen LogP contribution in [0, 0.1) is 0 Å². The van der Waals surface area contributed by atoms with Crippen LogP contribution in [0.1, 0.15) is 323 Å². The lowest BCUT2D eigenvalue weighted by atomic mass is 10.0. The second kappa shape index (κ2) is 50.9. The van der Waals surface area contributed by atoms with Crippen molar-refractivity contribution in [3.63, 3.8) is 0 Å². The Balaban J connectivity index is 4.46. The first kappa shape index (κ1) is 60.9. The lowest BCUT2D eigenvalue weighted by molar-refractivity contribution is -0.151. The van der Waals surface area contributed by atoms with Crippen LogP contribution < -0.4 is 5.32 Å². The largest absolute Gasteiger partial charge is 0.462 e. The standard InChI is InChI=1S/C56H111NO5/c1-4-7-10-13-16-19-22-24-26-28-30-33-35-38-41-44-47-52(62-56(61)49-46-43-40-37-32-21-18-15-12-9-6-3)50-55(60)57-53(51-58)54(59)48-45-42-39-36-34-31-29-27-25-23-20-17-14-11-8-5-2/h52-54,58-59H,4-51H2,1-3H3,(H,57,60). The molecule has 0 aliphatic carbocycles. The fourth-order valence-electron chi connectivity index (χ4n) is 9.14. The van der Waals surface area contributed by atoms with E-state index in [1.807, 2.05) is 0 Å². The van der Waals surface area contributed by atoms with Crippen molar-refractivity contribution >= 4 is 11.9 Å². The zero-order chi connectivity index (χ0) is 45.2. The van der Waals surface area contributed by atoms with Crippen LogP contribution in [0.15, 0.2) is 0 Å². The summed E-state index contributed by atoms with van der Waals surface area (Å²) in [4.78, 5) is 26.2. The van der Waals surface area contributed by atoms with Crippen LogP contribution in [0.3, 0.4) is 0 Å². The first-order chi connectivity index (χ1) is 30.5. The van der Waals surface area contributed by atoms with Gasteiger partial charge in [0.1, 0.15) is 6.10 Å². The Hall–Kier alpha value is -1.14. The smallest absolute Gasteiger partial charge is 0.306 e. The molecule has 0 rings (SSSR count). The number of esters is 1. The van der Waals surface area contributed by atoms with E-state index < -0.39 is 18.2 Å². The summed E-state index contributed by atoms with van der Waals surface area (Å²) >= 11 is 0. The number of ether oxygens (including phenoxy) is 1. The molecule has 3 atom stereocenters. The third kappa shape index (κ3) is 45.4. The van der Waals surface area contributed by atoms with Crippen molar-refractivity contribution in [3.8, 4) is 0 Å². The highest BCUT2D eigenvalue weighted by atomic mass is 16.5. The maximum absolute atomic E-state index is 13.2. The molecule has 0 spiro atoms. The van der Waals surface area contributed by atoms with E-state index in [-0.39, 0.29) is 24.9 Å². The van der Waals surface area contributed by atoms with Gasteiger partial charge < -0.3 is 20.3 Å². The molecule has 0 heterocycles. The van der Waals surface area contributed by atoms with Gasteiger partial charge in [0.15, 0.2) is 0 Å². The summed E-state index contributed by atoms with van der Waals surface area (Å²) in [5.41, 5.74) is 0. The summed E-state index contributed by atoms with van der Waals surface area (Å²) in [5, 5.41) is 23.9. The second-order valence-electron chi connectivity index (χ2n) is 19.7. The van der Waals surface area contributed by atoms with Gasteiger partial charge in [0.25, 0.3) is 0 Å². The minimum atomic E-state index is -0.780. The Morgan fingerprint density at radius 1 is 0.403 bits per heavy atom. The van der Waals surface area contributed by atoms with Gasteiger partial charge in [0, 0.05) is 6.42 Å². The molecule has 0 aromatic rings. The Bertz CT molecular complexity index is 898. The van der Waals surface area contributed by atoms with Crippen molar-refractivity contribution in [1.29, 1.82) is 0 Å². The van der Waals surface area contributed by atoms with Gasteiger partial charge in [-0.1, -0.05) is 284 Å². The maximum atomic E-state index is 13.2. The van der Waals surface area contributed by atoms with Crippen LogP contribution in [0.25, 0.3) is 0 Å². The van der Waals surface area contributed by atoms with E-state index >= 15 is 0 Å². The minimum absolute atomic E-state index is 0.0883. The molecule has 3 unspecified atom stereocenters. The number of aliphatic hydroxyl groups is 2. The lowest BCUT2D eigenvalue weighted by Gasteiger charge is -2.24. The zero-order valence-corrected chi connectivity index (χ0v) is 42.3. The van der Waals surface area contributed by atoms with Gasteiger partial charge in [-0.2, -0.15) is 0 Å². The van der Waals surface area contributed by atoms with Crippen molar-refractivity contribution in [1.82, 2.24) is 5.32 Å². The Labute approximate surface area is 387 Å². The molecule has 0 aromatic carbocycles. The van der Waals surface area contributed by atoms with E-state index in [1.54, 1.807) is 0 Å². The number of carbonyl (C=O) groups is 2. The predicted molar refractivity (Wildman–Crippen MR) is 269 cm³/mol. The maximum Gasteiger partial charge on any atom is 0.306 e. The van der Waals surface area contributed by atoms with Gasteiger partial charge in [0.2, 0.25) is 5.91 Å². The van der Waals surface area contributed by atoms with Crippen LogP contribution in [0.2, 0.25) is 0 Å². The third-order valence-corrected chi connectivity index (χ3v) is 13.4. The molecule has 0 radical (unpaired) electrons. The van der Waals surface area contributed by atoms with Gasteiger partial charge in [0.05, 0.1) is 25.2 Å². The second-order valence-corrected chi connectivity index (χ2v) is 19.7. The van der Waals surface area contributed by atoms with Crippen LogP contribution in [-0.2, 0) is 14.3 Å². The highest BCUT2D eigenvalue weighted by molar-refractivity contribution is 5.77. The molecule has 0 aromatic heterocycles. The molecule has 3 N–H and O–H groups in total. The van der Waals surface area contributed by atoms with Gasteiger partial charge >= 0.3 is 5.97 Å². The van der Waals surface area contributed by atoms with E-state index in [0.717, 1.165) is 44.9 Å². The fourth-order valence-corrected chi connectivity index (χ4v) is 9.14. The Kier molecular flexibility index (Phi) is 49.9. The van der Waals surface area contributed by atoms with Crippen molar-refractivity contribution in [2.45, 2.75) is 341 Å². The predicted octanol–water partition coefficient (Wildman–Crippen LogP) is 17.1. The molecule has 0 saturated carbocycles. The molecular formula is C56H111NO5. The normalized spacial score (nSPS) is 13.0. The molecule has 0 aliphatic heterocycles. The highest BCUT2D eigenvalue weighted by Crippen LogP contribution is 2.19. The number of hydrogen-bond acceptors (Lipinski definition) is 5. The van der Waals surface area contributed by atoms with Gasteiger partial charge in [-0.15, -0.1) is 0 Å². The van der Waals surface area contributed by atoms with Crippen molar-refractivity contribution in [2.24, 2.45) is 0 Å². The summed E-state index contributed by atoms with van der Waals surface area (Å²) in [7, 11) is 0. The molecular weight excluding hydrogens is 767 g/mol. The number of aliphatic hydroxyl groups excluding tert-OH is 2. The number of hydrogen-bond donors (Lipinski definition) is 3. The fraction of sp³-hybridized carbons (Fsp3) is 0.964. The van der Waals surface area contributed by atoms with E-state index in [9.17, 15) is 19.8 Å². The average molecular weight is 879 g/mol. The molecule has 0 aliphatic rings. The van der Waals surface area contributed by atoms with Crippen LogP contribution in [0.4, 0.5) is 0 Å². The monoisotopic (exact) mass is 878 g/mol. The molecule has 1 amide bonds. The van der Waals surface area contributed by atoms with Crippen LogP contribution in [0.5, 0.6) is 0 Å². The molecule has 0 bridgehead atoms. The van der Waals surface area contributed by atoms with E-state index in [0.29, 0.717) is 19.3 Å². The quantitative estimate of drug-likeness (QED) is 0.0418. The van der Waals surface area contributed by atoms with Crippen LogP contribution >= 0.6 is 0 Å². The number of amides is 1. The SMILES string of the molecule is CCCCCCCCCCCCCCCCCCC(CC(=O)NC(CO)C(O)CCCCCCCCCCCCCCCCCC)OC(=O)CCCCCCCCCCCCC. The molecule has 62 heavy (non-hydrogen) atoms.